The lowest BCUT2D eigenvalue weighted by Gasteiger charge is -2.39. The Morgan fingerprint density at radius 1 is 1.29 bits per heavy atom. The first kappa shape index (κ1) is 12.6. The van der Waals surface area contributed by atoms with Crippen LogP contribution in [0.3, 0.4) is 0 Å². The average Bonchev–Trinajstić information content (AvgIpc) is 2.29. The van der Waals surface area contributed by atoms with Gasteiger partial charge in [0.25, 0.3) is 0 Å². The predicted octanol–water partition coefficient (Wildman–Crippen LogP) is 3.71. The molecule has 2 unspecified atom stereocenters. The largest absolute Gasteiger partial charge is 0.352 e. The fourth-order valence-corrected chi connectivity index (χ4v) is 2.27. The highest BCUT2D eigenvalue weighted by Crippen LogP contribution is 2.35. The van der Waals surface area contributed by atoms with Crippen molar-refractivity contribution in [1.82, 2.24) is 0 Å². The molecule has 0 aromatic heterocycles. The zero-order valence-corrected chi connectivity index (χ0v) is 11.0. The Labute approximate surface area is 104 Å². The number of hydrogen-bond donors (Lipinski definition) is 0. The van der Waals surface area contributed by atoms with Crippen LogP contribution in [-0.2, 0) is 15.1 Å². The molecule has 0 spiro atoms. The molecule has 1 heterocycles. The van der Waals surface area contributed by atoms with Crippen LogP contribution >= 0.6 is 0 Å². The number of hydrogen-bond acceptors (Lipinski definition) is 2. The van der Waals surface area contributed by atoms with Gasteiger partial charge in [0.2, 0.25) is 0 Å². The van der Waals surface area contributed by atoms with E-state index >= 15 is 0 Å². The fourth-order valence-electron chi connectivity index (χ4n) is 2.27. The molecule has 0 amide bonds. The first-order valence-electron chi connectivity index (χ1n) is 6.45. The molecule has 1 aromatic rings. The summed E-state index contributed by atoms with van der Waals surface area (Å²) >= 11 is 0. The summed E-state index contributed by atoms with van der Waals surface area (Å²) in [6.45, 7) is 7.34. The molecular weight excluding hydrogens is 212 g/mol. The average molecular weight is 234 g/mol. The van der Waals surface area contributed by atoms with Crippen molar-refractivity contribution < 1.29 is 9.47 Å². The molecule has 0 saturated carbocycles. The Hall–Kier alpha value is -0.860. The van der Waals surface area contributed by atoms with Crippen LogP contribution in [0.15, 0.2) is 30.3 Å². The van der Waals surface area contributed by atoms with Crippen molar-refractivity contribution in [2.24, 2.45) is 5.92 Å². The van der Waals surface area contributed by atoms with E-state index in [4.69, 9.17) is 9.47 Å². The molecule has 0 aliphatic carbocycles. The number of benzene rings is 1. The molecule has 1 aliphatic heterocycles. The van der Waals surface area contributed by atoms with E-state index in [1.54, 1.807) is 0 Å². The monoisotopic (exact) mass is 234 g/mol. The first-order chi connectivity index (χ1) is 8.10. The summed E-state index contributed by atoms with van der Waals surface area (Å²) in [6, 6.07) is 10.4. The van der Waals surface area contributed by atoms with E-state index < -0.39 is 0 Å². The normalized spacial score (nSPS) is 29.5. The smallest absolute Gasteiger partial charge is 0.159 e. The van der Waals surface area contributed by atoms with Gasteiger partial charge < -0.3 is 9.47 Å². The molecule has 0 bridgehead atoms. The highest BCUT2D eigenvalue weighted by Gasteiger charge is 2.35. The van der Waals surface area contributed by atoms with Crippen LogP contribution < -0.4 is 0 Å². The summed E-state index contributed by atoms with van der Waals surface area (Å²) in [4.78, 5) is 0. The van der Waals surface area contributed by atoms with Crippen LogP contribution in [0.1, 0.15) is 39.2 Å². The van der Waals surface area contributed by atoms with Gasteiger partial charge in [0, 0.05) is 12.8 Å². The molecule has 0 radical (unpaired) electrons. The molecule has 1 fully saturated rings. The summed E-state index contributed by atoms with van der Waals surface area (Å²) in [5.74, 6) is 0.595. The van der Waals surface area contributed by atoms with Gasteiger partial charge in [-0.25, -0.2) is 0 Å². The van der Waals surface area contributed by atoms with Crippen LogP contribution in [0, 0.1) is 5.92 Å². The van der Waals surface area contributed by atoms with Crippen LogP contribution in [-0.4, -0.2) is 12.9 Å². The Balaban J connectivity index is 2.10. The van der Waals surface area contributed by atoms with Crippen LogP contribution in [0.2, 0.25) is 0 Å². The zero-order valence-electron chi connectivity index (χ0n) is 11.0. The number of ether oxygens (including phenoxy) is 2. The second-order valence-electron chi connectivity index (χ2n) is 5.39. The minimum absolute atomic E-state index is 0.0612. The maximum atomic E-state index is 6.15. The molecule has 2 rings (SSSR count). The molecule has 2 heteroatoms. The third-order valence-corrected chi connectivity index (χ3v) is 3.32. The van der Waals surface area contributed by atoms with E-state index in [1.807, 2.05) is 6.07 Å². The summed E-state index contributed by atoms with van der Waals surface area (Å²) in [6.07, 6.45) is 1.82. The third-order valence-electron chi connectivity index (χ3n) is 3.32. The quantitative estimate of drug-likeness (QED) is 0.793. The molecule has 94 valence electrons. The maximum absolute atomic E-state index is 6.15. The van der Waals surface area contributed by atoms with Gasteiger partial charge in [-0.1, -0.05) is 44.2 Å². The standard InChI is InChI=1S/C15H22O2/c1-12(2)11-14-16-10-9-15(3,17-14)13-7-5-4-6-8-13/h4-8,12,14H,9-11H2,1-3H3. The Bertz CT molecular complexity index is 347. The van der Waals surface area contributed by atoms with E-state index in [1.165, 1.54) is 5.56 Å². The van der Waals surface area contributed by atoms with Crippen LogP contribution in [0.25, 0.3) is 0 Å². The van der Waals surface area contributed by atoms with E-state index in [9.17, 15) is 0 Å². The van der Waals surface area contributed by atoms with Gasteiger partial charge in [-0.05, 0) is 18.4 Å². The molecule has 1 aliphatic rings. The van der Waals surface area contributed by atoms with Crippen molar-refractivity contribution in [2.75, 3.05) is 6.61 Å². The van der Waals surface area contributed by atoms with E-state index in [2.05, 4.69) is 45.0 Å². The Morgan fingerprint density at radius 2 is 2.00 bits per heavy atom. The van der Waals surface area contributed by atoms with Gasteiger partial charge in [-0.2, -0.15) is 0 Å². The summed E-state index contributed by atoms with van der Waals surface area (Å²) in [7, 11) is 0. The second-order valence-corrected chi connectivity index (χ2v) is 5.39. The van der Waals surface area contributed by atoms with Gasteiger partial charge in [0.1, 0.15) is 0 Å². The minimum atomic E-state index is -0.195. The predicted molar refractivity (Wildman–Crippen MR) is 68.7 cm³/mol. The van der Waals surface area contributed by atoms with E-state index in [0.717, 1.165) is 19.4 Å². The number of rotatable bonds is 3. The van der Waals surface area contributed by atoms with Crippen LogP contribution in [0.5, 0.6) is 0 Å². The van der Waals surface area contributed by atoms with Crippen molar-refractivity contribution in [3.8, 4) is 0 Å². The lowest BCUT2D eigenvalue weighted by atomic mass is 9.91. The molecule has 1 aromatic carbocycles. The van der Waals surface area contributed by atoms with Crippen molar-refractivity contribution in [3.63, 3.8) is 0 Å². The highest BCUT2D eigenvalue weighted by molar-refractivity contribution is 5.22. The van der Waals surface area contributed by atoms with Gasteiger partial charge in [-0.3, -0.25) is 0 Å². The summed E-state index contributed by atoms with van der Waals surface area (Å²) in [5, 5.41) is 0. The zero-order chi connectivity index (χ0) is 12.3. The van der Waals surface area contributed by atoms with Gasteiger partial charge in [-0.15, -0.1) is 0 Å². The third kappa shape index (κ3) is 3.08. The molecule has 1 saturated heterocycles. The fraction of sp³-hybridized carbons (Fsp3) is 0.600. The van der Waals surface area contributed by atoms with Gasteiger partial charge >= 0.3 is 0 Å². The Morgan fingerprint density at radius 3 is 2.65 bits per heavy atom. The van der Waals surface area contributed by atoms with Gasteiger partial charge in [0.05, 0.1) is 12.2 Å². The molecular formula is C15H22O2. The van der Waals surface area contributed by atoms with Gasteiger partial charge in [0.15, 0.2) is 6.29 Å². The van der Waals surface area contributed by atoms with Crippen molar-refractivity contribution in [1.29, 1.82) is 0 Å². The summed E-state index contributed by atoms with van der Waals surface area (Å²) in [5.41, 5.74) is 1.05. The summed E-state index contributed by atoms with van der Waals surface area (Å²) < 4.78 is 11.8. The molecule has 17 heavy (non-hydrogen) atoms. The minimum Gasteiger partial charge on any atom is -0.352 e. The highest BCUT2D eigenvalue weighted by atomic mass is 16.7. The Kier molecular flexibility index (Phi) is 3.85. The van der Waals surface area contributed by atoms with Crippen molar-refractivity contribution >= 4 is 0 Å². The van der Waals surface area contributed by atoms with Crippen LogP contribution in [0.4, 0.5) is 0 Å². The molecule has 2 nitrogen and oxygen atoms in total. The van der Waals surface area contributed by atoms with E-state index in [-0.39, 0.29) is 11.9 Å². The first-order valence-corrected chi connectivity index (χ1v) is 6.45. The van der Waals surface area contributed by atoms with Crippen molar-refractivity contribution in [3.05, 3.63) is 35.9 Å². The molecule has 2 atom stereocenters. The second kappa shape index (κ2) is 5.19. The lowest BCUT2D eigenvalue weighted by Crippen LogP contribution is -2.39. The topological polar surface area (TPSA) is 18.5 Å². The molecule has 0 N–H and O–H groups in total. The van der Waals surface area contributed by atoms with Crippen molar-refractivity contribution in [2.45, 2.75) is 45.5 Å². The SMILES string of the molecule is CC(C)CC1OCCC(C)(c2ccccc2)O1. The lowest BCUT2D eigenvalue weighted by molar-refractivity contribution is -0.260. The maximum Gasteiger partial charge on any atom is 0.159 e. The van der Waals surface area contributed by atoms with E-state index in [0.29, 0.717) is 5.92 Å².